The van der Waals surface area contributed by atoms with Gasteiger partial charge in [0.2, 0.25) is 0 Å². The Morgan fingerprint density at radius 1 is 0.793 bits per heavy atom. The van der Waals surface area contributed by atoms with E-state index in [1.54, 1.807) is 36.4 Å². The number of para-hydroxylation sites is 3. The van der Waals surface area contributed by atoms with Gasteiger partial charge >= 0.3 is 0 Å². The number of carbonyl (C=O) groups is 1. The van der Waals surface area contributed by atoms with Crippen molar-refractivity contribution in [1.82, 2.24) is 0 Å². The lowest BCUT2D eigenvalue weighted by molar-refractivity contribution is 0.102. The van der Waals surface area contributed by atoms with Crippen molar-refractivity contribution in [3.8, 4) is 17.2 Å². The van der Waals surface area contributed by atoms with Crippen molar-refractivity contribution in [2.75, 3.05) is 25.1 Å². The molecule has 0 aromatic heterocycles. The van der Waals surface area contributed by atoms with Gasteiger partial charge < -0.3 is 19.5 Å². The van der Waals surface area contributed by atoms with Gasteiger partial charge in [0.05, 0.1) is 5.69 Å². The number of benzene rings is 3. The molecule has 0 aliphatic carbocycles. The largest absolute Gasteiger partial charge is 0.490 e. The summed E-state index contributed by atoms with van der Waals surface area (Å²) in [5.74, 6) is 1.84. The topological polar surface area (TPSA) is 56.8 Å². The maximum absolute atomic E-state index is 12.6. The number of hydrogen-bond acceptors (Lipinski definition) is 4. The van der Waals surface area contributed by atoms with Crippen LogP contribution in [-0.4, -0.2) is 25.7 Å². The molecule has 0 atom stereocenters. The van der Waals surface area contributed by atoms with Crippen molar-refractivity contribution in [2.45, 2.75) is 0 Å². The fourth-order valence-electron chi connectivity index (χ4n) is 2.58. The number of anilines is 1. The van der Waals surface area contributed by atoms with Crippen LogP contribution in [0.4, 0.5) is 5.69 Å². The minimum absolute atomic E-state index is 0.225. The summed E-state index contributed by atoms with van der Waals surface area (Å²) in [5.41, 5.74) is 1.13. The first kappa shape index (κ1) is 20.0. The van der Waals surface area contributed by atoms with Crippen LogP contribution in [0.15, 0.2) is 91.5 Å². The van der Waals surface area contributed by atoms with E-state index in [1.165, 1.54) is 0 Å². The molecule has 0 saturated carbocycles. The zero-order chi connectivity index (χ0) is 20.3. The maximum atomic E-state index is 12.6. The summed E-state index contributed by atoms with van der Waals surface area (Å²) in [7, 11) is 0. The summed E-state index contributed by atoms with van der Waals surface area (Å²) in [5, 5.41) is 2.89. The first-order valence-electron chi connectivity index (χ1n) is 9.31. The first-order chi connectivity index (χ1) is 14.3. The van der Waals surface area contributed by atoms with Crippen LogP contribution in [0.3, 0.4) is 0 Å². The van der Waals surface area contributed by atoms with Crippen molar-refractivity contribution in [1.29, 1.82) is 0 Å². The van der Waals surface area contributed by atoms with Gasteiger partial charge in [-0.05, 0) is 48.5 Å². The highest BCUT2D eigenvalue weighted by Gasteiger charge is 2.10. The normalized spacial score (nSPS) is 10.1. The quantitative estimate of drug-likeness (QED) is 0.393. The predicted octanol–water partition coefficient (Wildman–Crippen LogP) is 4.96. The highest BCUT2D eigenvalue weighted by atomic mass is 16.5. The van der Waals surface area contributed by atoms with Crippen LogP contribution >= 0.6 is 0 Å². The summed E-state index contributed by atoms with van der Waals surface area (Å²) in [6, 6.07) is 23.8. The Bertz CT molecular complexity index is 923. The lowest BCUT2D eigenvalue weighted by Crippen LogP contribution is -2.14. The fourth-order valence-corrected chi connectivity index (χ4v) is 2.58. The van der Waals surface area contributed by atoms with Crippen molar-refractivity contribution >= 4 is 11.6 Å². The predicted molar refractivity (Wildman–Crippen MR) is 114 cm³/mol. The van der Waals surface area contributed by atoms with Gasteiger partial charge in [-0.25, -0.2) is 0 Å². The van der Waals surface area contributed by atoms with Gasteiger partial charge in [-0.2, -0.15) is 0 Å². The standard InChI is InChI=1S/C24H23NO4/c1-2-16-27-21-14-12-19(13-15-21)24(26)25-22-10-6-7-11-23(22)29-18-17-28-20-8-4-3-5-9-20/h2-15H,1,16-18H2,(H,25,26). The van der Waals surface area contributed by atoms with Gasteiger partial charge in [0.25, 0.3) is 5.91 Å². The molecule has 29 heavy (non-hydrogen) atoms. The van der Waals surface area contributed by atoms with E-state index in [-0.39, 0.29) is 5.91 Å². The smallest absolute Gasteiger partial charge is 0.255 e. The Balaban J connectivity index is 1.55. The molecule has 0 fully saturated rings. The molecule has 0 saturated heterocycles. The summed E-state index contributed by atoms with van der Waals surface area (Å²) in [6.45, 7) is 4.79. The summed E-state index contributed by atoms with van der Waals surface area (Å²) in [6.07, 6.45) is 1.67. The molecule has 1 amide bonds. The summed E-state index contributed by atoms with van der Waals surface area (Å²) < 4.78 is 16.8. The Labute approximate surface area is 170 Å². The van der Waals surface area contributed by atoms with Gasteiger partial charge in [-0.15, -0.1) is 0 Å². The number of ether oxygens (including phenoxy) is 3. The molecule has 3 aromatic rings. The fraction of sp³-hybridized carbons (Fsp3) is 0.125. The second-order valence-electron chi connectivity index (χ2n) is 6.08. The van der Waals surface area contributed by atoms with E-state index >= 15 is 0 Å². The van der Waals surface area contributed by atoms with E-state index in [1.807, 2.05) is 48.5 Å². The highest BCUT2D eigenvalue weighted by Crippen LogP contribution is 2.24. The SMILES string of the molecule is C=CCOc1ccc(C(=O)Nc2ccccc2OCCOc2ccccc2)cc1. The van der Waals surface area contributed by atoms with Gasteiger partial charge in [0, 0.05) is 5.56 Å². The van der Waals surface area contributed by atoms with Crippen molar-refractivity contribution in [3.63, 3.8) is 0 Å². The van der Waals surface area contributed by atoms with E-state index in [2.05, 4.69) is 11.9 Å². The van der Waals surface area contributed by atoms with Gasteiger partial charge in [0.15, 0.2) is 0 Å². The van der Waals surface area contributed by atoms with Crippen molar-refractivity contribution in [2.24, 2.45) is 0 Å². The van der Waals surface area contributed by atoms with E-state index in [0.717, 1.165) is 5.75 Å². The van der Waals surface area contributed by atoms with E-state index in [0.29, 0.717) is 42.6 Å². The summed E-state index contributed by atoms with van der Waals surface area (Å²) in [4.78, 5) is 12.6. The van der Waals surface area contributed by atoms with E-state index in [9.17, 15) is 4.79 Å². The van der Waals surface area contributed by atoms with E-state index in [4.69, 9.17) is 14.2 Å². The third-order valence-corrected chi connectivity index (χ3v) is 3.97. The first-order valence-corrected chi connectivity index (χ1v) is 9.31. The Hall–Kier alpha value is -3.73. The van der Waals surface area contributed by atoms with Crippen LogP contribution < -0.4 is 19.5 Å². The second kappa shape index (κ2) is 10.6. The van der Waals surface area contributed by atoms with Crippen molar-refractivity contribution in [3.05, 3.63) is 97.1 Å². The van der Waals surface area contributed by atoms with Crippen LogP contribution in [0.1, 0.15) is 10.4 Å². The molecule has 1 N–H and O–H groups in total. The Morgan fingerprint density at radius 3 is 2.21 bits per heavy atom. The van der Waals surface area contributed by atoms with Crippen LogP contribution in [0.5, 0.6) is 17.2 Å². The maximum Gasteiger partial charge on any atom is 0.255 e. The molecule has 0 spiro atoms. The average Bonchev–Trinajstić information content (AvgIpc) is 2.77. The van der Waals surface area contributed by atoms with Crippen LogP contribution in [0.25, 0.3) is 0 Å². The third kappa shape index (κ3) is 6.14. The van der Waals surface area contributed by atoms with Gasteiger partial charge in [-0.1, -0.05) is 43.0 Å². The molecule has 0 bridgehead atoms. The molecule has 0 aliphatic rings. The van der Waals surface area contributed by atoms with Crippen LogP contribution in [0.2, 0.25) is 0 Å². The average molecular weight is 389 g/mol. The zero-order valence-electron chi connectivity index (χ0n) is 16.0. The number of amides is 1. The molecule has 0 heterocycles. The number of rotatable bonds is 10. The monoisotopic (exact) mass is 389 g/mol. The van der Waals surface area contributed by atoms with Crippen molar-refractivity contribution < 1.29 is 19.0 Å². The molecule has 5 nitrogen and oxygen atoms in total. The lowest BCUT2D eigenvalue weighted by atomic mass is 10.2. The Morgan fingerprint density at radius 2 is 1.45 bits per heavy atom. The molecule has 3 rings (SSSR count). The summed E-state index contributed by atoms with van der Waals surface area (Å²) >= 11 is 0. The number of carbonyl (C=O) groups excluding carboxylic acids is 1. The van der Waals surface area contributed by atoms with E-state index < -0.39 is 0 Å². The molecule has 3 aromatic carbocycles. The number of nitrogens with one attached hydrogen (secondary N) is 1. The van der Waals surface area contributed by atoms with Crippen LogP contribution in [0, 0.1) is 0 Å². The third-order valence-electron chi connectivity index (χ3n) is 3.97. The lowest BCUT2D eigenvalue weighted by Gasteiger charge is -2.13. The molecule has 0 unspecified atom stereocenters. The molecule has 148 valence electrons. The molecule has 5 heteroatoms. The molecule has 0 radical (unpaired) electrons. The zero-order valence-corrected chi connectivity index (χ0v) is 16.0. The van der Waals surface area contributed by atoms with Gasteiger partial charge in [-0.3, -0.25) is 4.79 Å². The highest BCUT2D eigenvalue weighted by molar-refractivity contribution is 6.05. The minimum Gasteiger partial charge on any atom is -0.490 e. The van der Waals surface area contributed by atoms with Crippen LogP contribution in [-0.2, 0) is 0 Å². The minimum atomic E-state index is -0.225. The van der Waals surface area contributed by atoms with Gasteiger partial charge in [0.1, 0.15) is 37.1 Å². The second-order valence-corrected chi connectivity index (χ2v) is 6.08. The Kier molecular flexibility index (Phi) is 7.29. The molecular weight excluding hydrogens is 366 g/mol. The molecule has 0 aliphatic heterocycles. The molecular formula is C24H23NO4. The number of hydrogen-bond donors (Lipinski definition) is 1.